The second-order valence-corrected chi connectivity index (χ2v) is 5.84. The van der Waals surface area contributed by atoms with Crippen molar-refractivity contribution >= 4 is 23.0 Å². The molecule has 8 nitrogen and oxygen atoms in total. The molecular formula is C14H16ClN5O3. The number of nitro benzene ring substituents is 1. The zero-order valence-corrected chi connectivity index (χ0v) is 13.5. The lowest BCUT2D eigenvalue weighted by molar-refractivity contribution is -0.384. The molecule has 0 radical (unpaired) electrons. The Balaban J connectivity index is 1.88. The molecule has 0 spiro atoms. The molecule has 1 unspecified atom stereocenters. The maximum atomic E-state index is 10.9. The Kier molecular flexibility index (Phi) is 4.18. The first-order valence-corrected chi connectivity index (χ1v) is 7.53. The van der Waals surface area contributed by atoms with Gasteiger partial charge in [-0.25, -0.2) is 4.98 Å². The third-order valence-corrected chi connectivity index (χ3v) is 4.02. The number of aryl methyl sites for hydroxylation is 2. The summed E-state index contributed by atoms with van der Waals surface area (Å²) in [6.07, 6.45) is -0.264. The third kappa shape index (κ3) is 3.13. The van der Waals surface area contributed by atoms with E-state index >= 15 is 0 Å². The van der Waals surface area contributed by atoms with E-state index in [-0.39, 0.29) is 11.8 Å². The van der Waals surface area contributed by atoms with Crippen molar-refractivity contribution in [2.45, 2.75) is 20.0 Å². The summed E-state index contributed by atoms with van der Waals surface area (Å²) >= 11 is 6.29. The molecule has 122 valence electrons. The van der Waals surface area contributed by atoms with E-state index in [1.807, 2.05) is 13.8 Å². The topological polar surface area (TPSA) is 97.2 Å². The Bertz CT molecular complexity index is 725. The van der Waals surface area contributed by atoms with Gasteiger partial charge in [-0.15, -0.1) is 0 Å². The molecule has 1 aromatic carbocycles. The summed E-state index contributed by atoms with van der Waals surface area (Å²) in [4.78, 5) is 16.8. The minimum absolute atomic E-state index is 0.00866. The van der Waals surface area contributed by atoms with Crippen molar-refractivity contribution in [3.05, 3.63) is 44.5 Å². The first-order valence-electron chi connectivity index (χ1n) is 7.15. The number of halogens is 1. The van der Waals surface area contributed by atoms with Gasteiger partial charge in [0.05, 0.1) is 28.8 Å². The van der Waals surface area contributed by atoms with Crippen molar-refractivity contribution in [3.63, 3.8) is 0 Å². The van der Waals surface area contributed by atoms with Crippen LogP contribution in [-0.4, -0.2) is 39.8 Å². The molecule has 2 aromatic rings. The predicted octanol–water partition coefficient (Wildman–Crippen LogP) is 2.56. The van der Waals surface area contributed by atoms with Gasteiger partial charge >= 0.3 is 0 Å². The zero-order chi connectivity index (χ0) is 16.6. The van der Waals surface area contributed by atoms with Gasteiger partial charge in [0.1, 0.15) is 11.9 Å². The van der Waals surface area contributed by atoms with Crippen molar-refractivity contribution in [2.75, 3.05) is 24.6 Å². The highest BCUT2D eigenvalue weighted by Gasteiger charge is 2.28. The van der Waals surface area contributed by atoms with Gasteiger partial charge < -0.3 is 9.64 Å². The highest BCUT2D eigenvalue weighted by atomic mass is 35.5. The number of morpholine rings is 1. The highest BCUT2D eigenvalue weighted by Crippen LogP contribution is 2.36. The van der Waals surface area contributed by atoms with Gasteiger partial charge in [0, 0.05) is 18.7 Å². The van der Waals surface area contributed by atoms with Crippen molar-refractivity contribution in [1.82, 2.24) is 15.2 Å². The van der Waals surface area contributed by atoms with Crippen LogP contribution in [0.2, 0.25) is 5.02 Å². The third-order valence-electron chi connectivity index (χ3n) is 3.73. The van der Waals surface area contributed by atoms with Crippen LogP contribution in [-0.2, 0) is 4.74 Å². The van der Waals surface area contributed by atoms with E-state index in [9.17, 15) is 10.1 Å². The Morgan fingerprint density at radius 2 is 2.26 bits per heavy atom. The Morgan fingerprint density at radius 1 is 1.48 bits per heavy atom. The second kappa shape index (κ2) is 6.13. The number of H-pyrrole nitrogens is 1. The van der Waals surface area contributed by atoms with E-state index in [4.69, 9.17) is 16.3 Å². The lowest BCUT2D eigenvalue weighted by atomic mass is 10.1. The monoisotopic (exact) mass is 337 g/mol. The number of hydrogen-bond acceptors (Lipinski definition) is 6. The van der Waals surface area contributed by atoms with E-state index in [0.29, 0.717) is 30.5 Å². The Labute approximate surface area is 137 Å². The van der Waals surface area contributed by atoms with Gasteiger partial charge in [-0.1, -0.05) is 11.6 Å². The molecule has 1 fully saturated rings. The van der Waals surface area contributed by atoms with Gasteiger partial charge in [0.15, 0.2) is 5.82 Å². The van der Waals surface area contributed by atoms with E-state index in [0.717, 1.165) is 17.1 Å². The number of nitro groups is 1. The van der Waals surface area contributed by atoms with E-state index in [2.05, 4.69) is 20.1 Å². The fourth-order valence-electron chi connectivity index (χ4n) is 2.74. The normalized spacial score (nSPS) is 18.2. The molecule has 23 heavy (non-hydrogen) atoms. The number of non-ortho nitro benzene ring substituents is 1. The summed E-state index contributed by atoms with van der Waals surface area (Å²) in [6, 6.07) is 2.91. The van der Waals surface area contributed by atoms with Crippen LogP contribution in [0.4, 0.5) is 11.4 Å². The van der Waals surface area contributed by atoms with Crippen molar-refractivity contribution < 1.29 is 9.66 Å². The maximum absolute atomic E-state index is 10.9. The zero-order valence-electron chi connectivity index (χ0n) is 12.7. The minimum atomic E-state index is -0.443. The molecule has 1 aliphatic rings. The van der Waals surface area contributed by atoms with E-state index < -0.39 is 4.92 Å². The fourth-order valence-corrected chi connectivity index (χ4v) is 3.12. The summed E-state index contributed by atoms with van der Waals surface area (Å²) in [6.45, 7) is 5.34. The van der Waals surface area contributed by atoms with Crippen LogP contribution < -0.4 is 4.90 Å². The smallest absolute Gasteiger partial charge is 0.271 e. The highest BCUT2D eigenvalue weighted by molar-refractivity contribution is 6.33. The Morgan fingerprint density at radius 3 is 2.87 bits per heavy atom. The van der Waals surface area contributed by atoms with E-state index in [1.165, 1.54) is 12.1 Å². The summed E-state index contributed by atoms with van der Waals surface area (Å²) in [7, 11) is 0. The number of anilines is 1. The fraction of sp³-hybridized carbons (Fsp3) is 0.429. The predicted molar refractivity (Wildman–Crippen MR) is 84.9 cm³/mol. The summed E-state index contributed by atoms with van der Waals surface area (Å²) in [5.41, 5.74) is 1.54. The summed E-state index contributed by atoms with van der Waals surface area (Å²) in [5.74, 6) is 1.33. The molecule has 0 saturated carbocycles. The molecule has 1 aliphatic heterocycles. The number of hydrogen-bond donors (Lipinski definition) is 1. The first kappa shape index (κ1) is 15.7. The van der Waals surface area contributed by atoms with Gasteiger partial charge in [0.25, 0.3) is 5.69 Å². The summed E-state index contributed by atoms with van der Waals surface area (Å²) < 4.78 is 5.73. The molecule has 9 heteroatoms. The van der Waals surface area contributed by atoms with Crippen LogP contribution in [0.3, 0.4) is 0 Å². The van der Waals surface area contributed by atoms with Gasteiger partial charge in [-0.3, -0.25) is 15.2 Å². The van der Waals surface area contributed by atoms with Crippen LogP contribution in [0.25, 0.3) is 0 Å². The van der Waals surface area contributed by atoms with Gasteiger partial charge in [-0.2, -0.15) is 5.10 Å². The Hall–Kier alpha value is -2.19. The van der Waals surface area contributed by atoms with Crippen molar-refractivity contribution in [2.24, 2.45) is 0 Å². The van der Waals surface area contributed by atoms with Gasteiger partial charge in [0.2, 0.25) is 0 Å². The lowest BCUT2D eigenvalue weighted by Crippen LogP contribution is -2.39. The lowest BCUT2D eigenvalue weighted by Gasteiger charge is -2.34. The minimum Gasteiger partial charge on any atom is -0.366 e. The van der Waals surface area contributed by atoms with E-state index in [1.54, 1.807) is 0 Å². The molecule has 3 rings (SSSR count). The maximum Gasteiger partial charge on any atom is 0.271 e. The van der Waals surface area contributed by atoms with Crippen LogP contribution in [0.5, 0.6) is 0 Å². The average molecular weight is 338 g/mol. The average Bonchev–Trinajstić information content (AvgIpc) is 2.93. The molecular weight excluding hydrogens is 322 g/mol. The molecule has 0 amide bonds. The first-order chi connectivity index (χ1) is 11.0. The number of benzene rings is 1. The molecule has 2 heterocycles. The van der Waals surface area contributed by atoms with Crippen LogP contribution >= 0.6 is 11.6 Å². The van der Waals surface area contributed by atoms with Gasteiger partial charge in [-0.05, 0) is 19.4 Å². The SMILES string of the molecule is Cc1nc(C2CN(c3c(C)cc([N+](=O)[O-])cc3Cl)CCO2)n[nH]1. The molecule has 0 aliphatic carbocycles. The number of nitrogens with zero attached hydrogens (tertiary/aromatic N) is 4. The largest absolute Gasteiger partial charge is 0.366 e. The standard InChI is InChI=1S/C14H16ClN5O3/c1-8-5-10(20(21)22)6-11(15)13(8)19-3-4-23-12(7-19)14-16-9(2)17-18-14/h5-6,12H,3-4,7H2,1-2H3,(H,16,17,18). The number of nitrogens with one attached hydrogen (secondary N) is 1. The number of rotatable bonds is 3. The summed E-state index contributed by atoms with van der Waals surface area (Å²) in [5, 5.41) is 18.2. The molecule has 1 atom stereocenters. The molecule has 1 aromatic heterocycles. The number of aromatic amines is 1. The van der Waals surface area contributed by atoms with Crippen molar-refractivity contribution in [1.29, 1.82) is 0 Å². The number of aromatic nitrogens is 3. The van der Waals surface area contributed by atoms with Crippen LogP contribution in [0.1, 0.15) is 23.3 Å². The molecule has 1 N–H and O–H groups in total. The second-order valence-electron chi connectivity index (χ2n) is 5.43. The number of ether oxygens (including phenoxy) is 1. The molecule has 1 saturated heterocycles. The van der Waals surface area contributed by atoms with Crippen molar-refractivity contribution in [3.8, 4) is 0 Å². The molecule has 0 bridgehead atoms. The van der Waals surface area contributed by atoms with Crippen LogP contribution in [0, 0.1) is 24.0 Å². The quantitative estimate of drug-likeness (QED) is 0.683. The van der Waals surface area contributed by atoms with Crippen LogP contribution in [0.15, 0.2) is 12.1 Å².